The van der Waals surface area contributed by atoms with Gasteiger partial charge in [0.05, 0.1) is 11.7 Å². The van der Waals surface area contributed by atoms with E-state index in [1.807, 2.05) is 0 Å². The van der Waals surface area contributed by atoms with Gasteiger partial charge in [-0.15, -0.1) is 0 Å². The van der Waals surface area contributed by atoms with Crippen LogP contribution < -0.4 is 5.73 Å². The first-order chi connectivity index (χ1) is 6.21. The molecule has 2 aliphatic carbocycles. The van der Waals surface area contributed by atoms with E-state index in [-0.39, 0.29) is 6.04 Å². The summed E-state index contributed by atoms with van der Waals surface area (Å²) in [6.07, 6.45) is 6.46. The molecule has 2 atom stereocenters. The minimum Gasteiger partial charge on any atom is -0.388 e. The first kappa shape index (κ1) is 9.44. The van der Waals surface area contributed by atoms with Crippen molar-refractivity contribution in [3.63, 3.8) is 0 Å². The summed E-state index contributed by atoms with van der Waals surface area (Å²) in [5, 5.41) is 10.1. The molecule has 2 saturated carbocycles. The van der Waals surface area contributed by atoms with E-state index in [9.17, 15) is 5.11 Å². The zero-order valence-electron chi connectivity index (χ0n) is 8.04. The molecule has 0 aromatic rings. The van der Waals surface area contributed by atoms with E-state index in [4.69, 9.17) is 10.5 Å². The van der Waals surface area contributed by atoms with Crippen molar-refractivity contribution in [2.75, 3.05) is 6.61 Å². The lowest BCUT2D eigenvalue weighted by Crippen LogP contribution is -2.44. The summed E-state index contributed by atoms with van der Waals surface area (Å²) in [7, 11) is 0. The second-order valence-electron chi connectivity index (χ2n) is 4.42. The summed E-state index contributed by atoms with van der Waals surface area (Å²) in [5.41, 5.74) is 5.21. The molecule has 3 heteroatoms. The van der Waals surface area contributed by atoms with Gasteiger partial charge in [-0.2, -0.15) is 0 Å². The van der Waals surface area contributed by atoms with E-state index in [2.05, 4.69) is 0 Å². The van der Waals surface area contributed by atoms with Gasteiger partial charge in [-0.25, -0.2) is 0 Å². The summed E-state index contributed by atoms with van der Waals surface area (Å²) in [6, 6.07) is -0.0321. The number of nitrogens with two attached hydrogens (primary N) is 1. The first-order valence-corrected chi connectivity index (χ1v) is 5.30. The maximum atomic E-state index is 10.1. The molecule has 2 unspecified atom stereocenters. The number of hydrogen-bond donors (Lipinski definition) is 2. The van der Waals surface area contributed by atoms with Crippen molar-refractivity contribution in [1.82, 2.24) is 0 Å². The SMILES string of the molecule is NC1CCCC1(O)CCOC1CC1. The van der Waals surface area contributed by atoms with Gasteiger partial charge < -0.3 is 15.6 Å². The standard InChI is InChI=1S/C10H19NO2/c11-9-2-1-5-10(9,12)6-7-13-8-3-4-8/h8-9,12H,1-7,11H2. The van der Waals surface area contributed by atoms with Gasteiger partial charge >= 0.3 is 0 Å². The van der Waals surface area contributed by atoms with Crippen LogP contribution in [-0.4, -0.2) is 29.5 Å². The lowest BCUT2D eigenvalue weighted by Gasteiger charge is -2.27. The third-order valence-electron chi connectivity index (χ3n) is 3.23. The summed E-state index contributed by atoms with van der Waals surface area (Å²) in [5.74, 6) is 0. The molecule has 0 saturated heterocycles. The molecule has 13 heavy (non-hydrogen) atoms. The fourth-order valence-electron chi connectivity index (χ4n) is 2.03. The van der Waals surface area contributed by atoms with E-state index in [0.717, 1.165) is 19.3 Å². The summed E-state index contributed by atoms with van der Waals surface area (Å²) in [4.78, 5) is 0. The van der Waals surface area contributed by atoms with Gasteiger partial charge in [0.1, 0.15) is 0 Å². The molecule has 2 rings (SSSR count). The molecule has 2 fully saturated rings. The molecule has 0 aromatic carbocycles. The normalized spacial score (nSPS) is 39.7. The van der Waals surface area contributed by atoms with Crippen molar-refractivity contribution < 1.29 is 9.84 Å². The lowest BCUT2D eigenvalue weighted by molar-refractivity contribution is -0.00922. The van der Waals surface area contributed by atoms with Crippen LogP contribution in [-0.2, 0) is 4.74 Å². The topological polar surface area (TPSA) is 55.5 Å². The van der Waals surface area contributed by atoms with E-state index in [1.54, 1.807) is 0 Å². The molecule has 0 spiro atoms. The highest BCUT2D eigenvalue weighted by Gasteiger charge is 2.38. The average Bonchev–Trinajstić information content (AvgIpc) is 2.83. The van der Waals surface area contributed by atoms with Gasteiger partial charge in [0.2, 0.25) is 0 Å². The number of ether oxygens (including phenoxy) is 1. The summed E-state index contributed by atoms with van der Waals surface area (Å²) in [6.45, 7) is 0.675. The Balaban J connectivity index is 1.71. The maximum absolute atomic E-state index is 10.1. The van der Waals surface area contributed by atoms with Crippen molar-refractivity contribution in [2.45, 2.75) is 56.3 Å². The smallest absolute Gasteiger partial charge is 0.0819 e. The number of aliphatic hydroxyl groups is 1. The Labute approximate surface area is 79.3 Å². The highest BCUT2D eigenvalue weighted by Crippen LogP contribution is 2.32. The van der Waals surface area contributed by atoms with Crippen molar-refractivity contribution in [3.8, 4) is 0 Å². The molecule has 0 amide bonds. The maximum Gasteiger partial charge on any atom is 0.0819 e. The number of hydrogen-bond acceptors (Lipinski definition) is 3. The van der Waals surface area contributed by atoms with Crippen LogP contribution in [0.4, 0.5) is 0 Å². The van der Waals surface area contributed by atoms with Gasteiger partial charge in [-0.05, 0) is 32.1 Å². The Morgan fingerprint density at radius 2 is 2.15 bits per heavy atom. The van der Waals surface area contributed by atoms with E-state index < -0.39 is 5.60 Å². The van der Waals surface area contributed by atoms with Crippen molar-refractivity contribution in [1.29, 1.82) is 0 Å². The molecule has 3 N–H and O–H groups in total. The predicted molar refractivity (Wildman–Crippen MR) is 50.4 cm³/mol. The van der Waals surface area contributed by atoms with E-state index in [1.165, 1.54) is 12.8 Å². The molecule has 0 aromatic heterocycles. The predicted octanol–water partition coefficient (Wildman–Crippen LogP) is 0.798. The van der Waals surface area contributed by atoms with Crippen LogP contribution in [0.3, 0.4) is 0 Å². The number of rotatable bonds is 4. The monoisotopic (exact) mass is 185 g/mol. The summed E-state index contributed by atoms with van der Waals surface area (Å²) >= 11 is 0. The van der Waals surface area contributed by atoms with Crippen LogP contribution in [0, 0.1) is 0 Å². The second kappa shape index (κ2) is 3.56. The zero-order chi connectivity index (χ0) is 9.31. The molecular formula is C10H19NO2. The van der Waals surface area contributed by atoms with Gasteiger partial charge in [0.15, 0.2) is 0 Å². The molecule has 0 radical (unpaired) electrons. The zero-order valence-corrected chi connectivity index (χ0v) is 8.04. The van der Waals surface area contributed by atoms with Crippen LogP contribution in [0.5, 0.6) is 0 Å². The van der Waals surface area contributed by atoms with Crippen LogP contribution >= 0.6 is 0 Å². The molecule has 0 bridgehead atoms. The van der Waals surface area contributed by atoms with Crippen LogP contribution in [0.2, 0.25) is 0 Å². The Morgan fingerprint density at radius 1 is 1.38 bits per heavy atom. The second-order valence-corrected chi connectivity index (χ2v) is 4.42. The minimum atomic E-state index is -0.630. The molecule has 0 heterocycles. The minimum absolute atomic E-state index is 0.0321. The van der Waals surface area contributed by atoms with Gasteiger partial charge in [0.25, 0.3) is 0 Å². The van der Waals surface area contributed by atoms with E-state index >= 15 is 0 Å². The highest BCUT2D eigenvalue weighted by molar-refractivity contribution is 4.95. The van der Waals surface area contributed by atoms with Gasteiger partial charge in [0, 0.05) is 19.1 Å². The summed E-state index contributed by atoms with van der Waals surface area (Å²) < 4.78 is 5.51. The first-order valence-electron chi connectivity index (χ1n) is 5.30. The molecule has 3 nitrogen and oxygen atoms in total. The molecule has 76 valence electrons. The lowest BCUT2D eigenvalue weighted by atomic mass is 9.95. The Morgan fingerprint density at radius 3 is 2.69 bits per heavy atom. The van der Waals surface area contributed by atoms with Gasteiger partial charge in [-0.3, -0.25) is 0 Å². The van der Waals surface area contributed by atoms with Crippen LogP contribution in [0.25, 0.3) is 0 Å². The third kappa shape index (κ3) is 2.22. The van der Waals surface area contributed by atoms with Gasteiger partial charge in [-0.1, -0.05) is 0 Å². The van der Waals surface area contributed by atoms with Crippen molar-refractivity contribution >= 4 is 0 Å². The molecule has 0 aliphatic heterocycles. The van der Waals surface area contributed by atoms with Crippen molar-refractivity contribution in [3.05, 3.63) is 0 Å². The third-order valence-corrected chi connectivity index (χ3v) is 3.23. The Bertz CT molecular complexity index is 182. The fourth-order valence-corrected chi connectivity index (χ4v) is 2.03. The van der Waals surface area contributed by atoms with E-state index in [0.29, 0.717) is 19.1 Å². The van der Waals surface area contributed by atoms with Crippen LogP contribution in [0.1, 0.15) is 38.5 Å². The Kier molecular flexibility index (Phi) is 2.58. The molecular weight excluding hydrogens is 166 g/mol. The average molecular weight is 185 g/mol. The molecule has 2 aliphatic rings. The highest BCUT2D eigenvalue weighted by atomic mass is 16.5. The fraction of sp³-hybridized carbons (Fsp3) is 1.00. The van der Waals surface area contributed by atoms with Crippen molar-refractivity contribution in [2.24, 2.45) is 5.73 Å². The largest absolute Gasteiger partial charge is 0.388 e. The van der Waals surface area contributed by atoms with Crippen LogP contribution in [0.15, 0.2) is 0 Å². The quantitative estimate of drug-likeness (QED) is 0.681. The Hall–Kier alpha value is -0.120.